The minimum absolute atomic E-state index is 0.108. The van der Waals surface area contributed by atoms with Gasteiger partial charge >= 0.3 is 5.97 Å². The second-order valence-corrected chi connectivity index (χ2v) is 6.76. The molecular weight excluding hydrogens is 402 g/mol. The number of aryl methyl sites for hydroxylation is 1. The highest BCUT2D eigenvalue weighted by Gasteiger charge is 2.14. The number of carbonyl (C=O) groups excluding carboxylic acids is 1. The number of anilines is 1. The topological polar surface area (TPSA) is 85.1 Å². The summed E-state index contributed by atoms with van der Waals surface area (Å²) in [5.74, 6) is 0.159. The lowest BCUT2D eigenvalue weighted by molar-refractivity contribution is 0.0696. The lowest BCUT2D eigenvalue weighted by Gasteiger charge is -2.11. The number of hydrogen-bond donors (Lipinski definition) is 2. The Balaban J connectivity index is 1.62. The van der Waals surface area contributed by atoms with Crippen molar-refractivity contribution >= 4 is 35.2 Å². The summed E-state index contributed by atoms with van der Waals surface area (Å²) in [6.45, 7) is 4.06. The Hall–Kier alpha value is -3.65. The Labute approximate surface area is 179 Å². The predicted molar refractivity (Wildman–Crippen MR) is 120 cm³/mol. The van der Waals surface area contributed by atoms with Gasteiger partial charge < -0.3 is 19.2 Å². The summed E-state index contributed by atoms with van der Waals surface area (Å²) in [5, 5.41) is 7.63. The molecule has 0 radical (unpaired) electrons. The van der Waals surface area contributed by atoms with Crippen molar-refractivity contribution in [3.8, 4) is 11.5 Å². The van der Waals surface area contributed by atoms with E-state index in [1.165, 1.54) is 25.0 Å². The van der Waals surface area contributed by atoms with Gasteiger partial charge in [0.25, 0.3) is 0 Å². The van der Waals surface area contributed by atoms with Gasteiger partial charge in [-0.05, 0) is 79.2 Å². The van der Waals surface area contributed by atoms with E-state index in [1.54, 1.807) is 30.5 Å². The van der Waals surface area contributed by atoms with Crippen LogP contribution in [0.1, 0.15) is 27.2 Å². The van der Waals surface area contributed by atoms with Gasteiger partial charge in [-0.25, -0.2) is 4.79 Å². The van der Waals surface area contributed by atoms with Gasteiger partial charge in [0.1, 0.15) is 0 Å². The highest BCUT2D eigenvalue weighted by atomic mass is 32.1. The first-order chi connectivity index (χ1) is 14.5. The van der Waals surface area contributed by atoms with E-state index >= 15 is 0 Å². The van der Waals surface area contributed by atoms with Crippen LogP contribution in [0.15, 0.2) is 64.3 Å². The quantitative estimate of drug-likeness (QED) is 0.199. The van der Waals surface area contributed by atoms with Gasteiger partial charge in [-0.3, -0.25) is 5.43 Å². The minimum atomic E-state index is -0.607. The van der Waals surface area contributed by atoms with Crippen LogP contribution in [0, 0.1) is 13.8 Å². The molecule has 2 aromatic carbocycles. The number of nitrogens with one attached hydrogen (secondary N) is 2. The summed E-state index contributed by atoms with van der Waals surface area (Å²) in [6, 6.07) is 14.1. The van der Waals surface area contributed by atoms with Crippen LogP contribution in [-0.2, 0) is 0 Å². The maximum Gasteiger partial charge on any atom is 0.379 e. The Kier molecular flexibility index (Phi) is 6.82. The molecule has 0 aliphatic carbocycles. The van der Waals surface area contributed by atoms with E-state index in [9.17, 15) is 4.79 Å². The van der Waals surface area contributed by atoms with Gasteiger partial charge in [-0.2, -0.15) is 5.10 Å². The smallest absolute Gasteiger partial charge is 0.379 e. The second-order valence-electron chi connectivity index (χ2n) is 6.35. The van der Waals surface area contributed by atoms with E-state index in [0.29, 0.717) is 10.9 Å². The van der Waals surface area contributed by atoms with Crippen LogP contribution in [0.2, 0.25) is 0 Å². The molecule has 1 heterocycles. The molecular formula is C22H21N3O4S. The lowest BCUT2D eigenvalue weighted by atomic mass is 10.1. The highest BCUT2D eigenvalue weighted by molar-refractivity contribution is 7.80. The average Bonchev–Trinajstić information content (AvgIpc) is 3.27. The number of furan rings is 1. The van der Waals surface area contributed by atoms with Gasteiger partial charge in [0, 0.05) is 5.69 Å². The molecule has 30 heavy (non-hydrogen) atoms. The van der Waals surface area contributed by atoms with Gasteiger partial charge in [-0.15, -0.1) is 0 Å². The van der Waals surface area contributed by atoms with Crippen LogP contribution in [0.5, 0.6) is 11.5 Å². The van der Waals surface area contributed by atoms with Crippen molar-refractivity contribution in [3.63, 3.8) is 0 Å². The van der Waals surface area contributed by atoms with Crippen LogP contribution in [-0.4, -0.2) is 24.4 Å². The zero-order valence-electron chi connectivity index (χ0n) is 16.8. The highest BCUT2D eigenvalue weighted by Crippen LogP contribution is 2.28. The summed E-state index contributed by atoms with van der Waals surface area (Å²) in [4.78, 5) is 12.0. The Morgan fingerprint density at radius 1 is 1.13 bits per heavy atom. The van der Waals surface area contributed by atoms with Crippen molar-refractivity contribution in [3.05, 3.63) is 77.2 Å². The van der Waals surface area contributed by atoms with Crippen molar-refractivity contribution in [2.75, 3.05) is 12.4 Å². The molecule has 0 saturated heterocycles. The normalized spacial score (nSPS) is 10.6. The van der Waals surface area contributed by atoms with Crippen molar-refractivity contribution in [1.29, 1.82) is 0 Å². The number of rotatable bonds is 6. The molecule has 2 N–H and O–H groups in total. The number of methoxy groups -OCH3 is 1. The summed E-state index contributed by atoms with van der Waals surface area (Å²) < 4.78 is 15.7. The van der Waals surface area contributed by atoms with Gasteiger partial charge in [-0.1, -0.05) is 12.1 Å². The summed E-state index contributed by atoms with van der Waals surface area (Å²) >= 11 is 5.28. The number of ether oxygens (including phenoxy) is 2. The van der Waals surface area contributed by atoms with Gasteiger partial charge in [0.05, 0.1) is 19.6 Å². The summed E-state index contributed by atoms with van der Waals surface area (Å²) in [7, 11) is 1.49. The lowest BCUT2D eigenvalue weighted by Crippen LogP contribution is -2.24. The monoisotopic (exact) mass is 423 g/mol. The molecule has 0 aliphatic heterocycles. The van der Waals surface area contributed by atoms with E-state index < -0.39 is 5.97 Å². The number of hydrogen-bond acceptors (Lipinski definition) is 6. The largest absolute Gasteiger partial charge is 0.493 e. The molecule has 3 rings (SSSR count). The van der Waals surface area contributed by atoms with Crippen molar-refractivity contribution in [2.45, 2.75) is 13.8 Å². The van der Waals surface area contributed by atoms with Crippen LogP contribution >= 0.6 is 12.2 Å². The van der Waals surface area contributed by atoms with Crippen LogP contribution < -0.4 is 20.2 Å². The molecule has 8 heteroatoms. The third-order valence-electron chi connectivity index (χ3n) is 4.35. The maximum absolute atomic E-state index is 12.0. The van der Waals surface area contributed by atoms with Crippen molar-refractivity contribution < 1.29 is 18.7 Å². The first kappa shape index (κ1) is 21.1. The summed E-state index contributed by atoms with van der Waals surface area (Å²) in [5.41, 5.74) is 6.72. The third kappa shape index (κ3) is 5.24. The molecule has 0 fully saturated rings. The molecule has 1 aromatic heterocycles. The fourth-order valence-corrected chi connectivity index (χ4v) is 2.76. The number of nitrogens with zero attached hydrogens (tertiary/aromatic N) is 1. The van der Waals surface area contributed by atoms with Crippen molar-refractivity contribution in [2.24, 2.45) is 5.10 Å². The molecule has 0 bridgehead atoms. The molecule has 3 aromatic rings. The molecule has 0 saturated carbocycles. The number of benzene rings is 2. The molecule has 154 valence electrons. The first-order valence-electron chi connectivity index (χ1n) is 9.08. The summed E-state index contributed by atoms with van der Waals surface area (Å²) in [6.07, 6.45) is 2.98. The van der Waals surface area contributed by atoms with E-state index in [0.717, 1.165) is 16.8 Å². The van der Waals surface area contributed by atoms with Crippen LogP contribution in [0.3, 0.4) is 0 Å². The predicted octanol–water partition coefficient (Wildman–Crippen LogP) is 4.44. The second kappa shape index (κ2) is 9.71. The SMILES string of the molecule is COc1cc(C=NNC(=S)Nc2cccc(C)c2C)ccc1OC(=O)c1ccco1. The fraction of sp³-hybridized carbons (Fsp3) is 0.136. The molecule has 7 nitrogen and oxygen atoms in total. The fourth-order valence-electron chi connectivity index (χ4n) is 2.60. The average molecular weight is 423 g/mol. The Morgan fingerprint density at radius 3 is 2.70 bits per heavy atom. The Bertz CT molecular complexity index is 1080. The first-order valence-corrected chi connectivity index (χ1v) is 9.48. The zero-order valence-corrected chi connectivity index (χ0v) is 17.6. The molecule has 0 atom stereocenters. The zero-order chi connectivity index (χ0) is 21.5. The molecule has 0 aliphatic rings. The van der Waals surface area contributed by atoms with E-state index in [2.05, 4.69) is 15.8 Å². The van der Waals surface area contributed by atoms with Crippen LogP contribution in [0.4, 0.5) is 5.69 Å². The number of esters is 1. The number of hydrazone groups is 1. The number of thiocarbonyl (C=S) groups is 1. The standard InChI is InChI=1S/C22H21N3O4S/c1-14-6-4-7-17(15(14)2)24-22(30)25-23-13-16-9-10-18(20(12-16)27-3)29-21(26)19-8-5-11-28-19/h4-13H,1-3H3,(H2,24,25,30). The van der Waals surface area contributed by atoms with Gasteiger partial charge in [0.15, 0.2) is 16.6 Å². The number of carbonyl (C=O) groups is 1. The third-order valence-corrected chi connectivity index (χ3v) is 4.54. The van der Waals surface area contributed by atoms with E-state index in [-0.39, 0.29) is 11.5 Å². The Morgan fingerprint density at radius 2 is 1.97 bits per heavy atom. The van der Waals surface area contributed by atoms with Crippen LogP contribution in [0.25, 0.3) is 0 Å². The molecule has 0 unspecified atom stereocenters. The van der Waals surface area contributed by atoms with E-state index in [4.69, 9.17) is 26.1 Å². The van der Waals surface area contributed by atoms with E-state index in [1.807, 2.05) is 32.0 Å². The van der Waals surface area contributed by atoms with Gasteiger partial charge in [0.2, 0.25) is 5.76 Å². The maximum atomic E-state index is 12.0. The molecule has 0 spiro atoms. The van der Waals surface area contributed by atoms with Crippen molar-refractivity contribution in [1.82, 2.24) is 5.43 Å². The minimum Gasteiger partial charge on any atom is -0.493 e. The molecule has 0 amide bonds.